The minimum absolute atomic E-state index is 0.183. The minimum Gasteiger partial charge on any atom is -0.464 e. The zero-order valence-corrected chi connectivity index (χ0v) is 8.94. The largest absolute Gasteiger partial charge is 0.464 e. The van der Waals surface area contributed by atoms with Crippen molar-refractivity contribution in [3.05, 3.63) is 23.5 Å². The molecule has 80 valence electrons. The lowest BCUT2D eigenvalue weighted by Crippen LogP contribution is -2.08. The molecule has 0 saturated carbocycles. The highest BCUT2D eigenvalue weighted by Gasteiger charge is 2.13. The van der Waals surface area contributed by atoms with E-state index in [4.69, 9.17) is 5.73 Å². The van der Waals surface area contributed by atoms with Gasteiger partial charge < -0.3 is 10.5 Å². The Balaban J connectivity index is 3.26. The molecule has 0 bridgehead atoms. The number of nitrogens with zero attached hydrogens (tertiary/aromatic N) is 2. The van der Waals surface area contributed by atoms with Crippen molar-refractivity contribution >= 4 is 17.5 Å². The Morgan fingerprint density at radius 3 is 2.73 bits per heavy atom. The summed E-state index contributed by atoms with van der Waals surface area (Å²) < 4.78 is 4.60. The zero-order chi connectivity index (χ0) is 11.4. The first-order valence-corrected chi connectivity index (χ1v) is 4.41. The number of hydrogen-bond donors (Lipinski definition) is 1. The molecule has 0 aliphatic carbocycles. The van der Waals surface area contributed by atoms with E-state index in [0.29, 0.717) is 11.5 Å². The summed E-state index contributed by atoms with van der Waals surface area (Å²) in [6.07, 6.45) is 0. The van der Waals surface area contributed by atoms with E-state index in [1.54, 1.807) is 26.0 Å². The van der Waals surface area contributed by atoms with E-state index in [1.165, 1.54) is 7.11 Å². The molecule has 0 aliphatic rings. The predicted octanol–water partition coefficient (Wildman–Crippen LogP) is 1.19. The van der Waals surface area contributed by atoms with Crippen LogP contribution in [0.5, 0.6) is 0 Å². The Morgan fingerprint density at radius 1 is 1.53 bits per heavy atom. The lowest BCUT2D eigenvalue weighted by Gasteiger charge is -2.04. The Hall–Kier alpha value is -1.91. The molecule has 0 aliphatic heterocycles. The molecule has 1 aromatic rings. The number of aromatic nitrogens is 1. The lowest BCUT2D eigenvalue weighted by molar-refractivity contribution is 0.0595. The molecule has 0 aromatic carbocycles. The van der Waals surface area contributed by atoms with Crippen LogP contribution in [0, 0.1) is 6.92 Å². The van der Waals surface area contributed by atoms with Gasteiger partial charge >= 0.3 is 5.97 Å². The average Bonchev–Trinajstić information content (AvgIpc) is 2.19. The molecule has 1 aromatic heterocycles. The topological polar surface area (TPSA) is 77.6 Å². The van der Waals surface area contributed by atoms with Gasteiger partial charge in [-0.3, -0.25) is 0 Å². The number of carbonyl (C=O) groups is 1. The zero-order valence-electron chi connectivity index (χ0n) is 8.94. The smallest absolute Gasteiger partial charge is 0.358 e. The first kappa shape index (κ1) is 11.2. The highest BCUT2D eigenvalue weighted by molar-refractivity contribution is 5.94. The van der Waals surface area contributed by atoms with Gasteiger partial charge in [-0.05, 0) is 26.0 Å². The molecule has 0 fully saturated rings. The fourth-order valence-electron chi connectivity index (χ4n) is 1.08. The van der Waals surface area contributed by atoms with E-state index < -0.39 is 5.97 Å². The van der Waals surface area contributed by atoms with E-state index in [1.807, 2.05) is 0 Å². The quantitative estimate of drug-likeness (QED) is 0.449. The predicted molar refractivity (Wildman–Crippen MR) is 57.3 cm³/mol. The van der Waals surface area contributed by atoms with Gasteiger partial charge in [-0.25, -0.2) is 14.8 Å². The summed E-state index contributed by atoms with van der Waals surface area (Å²) in [5.74, 6) is -0.149. The van der Waals surface area contributed by atoms with Gasteiger partial charge in [-0.15, -0.1) is 0 Å². The van der Waals surface area contributed by atoms with Gasteiger partial charge in [0.2, 0.25) is 0 Å². The number of hydrogen-bond acceptors (Lipinski definition) is 4. The number of rotatable bonds is 2. The summed E-state index contributed by atoms with van der Waals surface area (Å²) >= 11 is 0. The number of pyridine rings is 1. The molecule has 2 N–H and O–H groups in total. The normalized spacial score (nSPS) is 11.3. The van der Waals surface area contributed by atoms with Crippen LogP contribution < -0.4 is 5.73 Å². The van der Waals surface area contributed by atoms with Crippen molar-refractivity contribution < 1.29 is 9.53 Å². The molecular weight excluding hydrogens is 194 g/mol. The molecule has 1 rings (SSSR count). The molecule has 0 amide bonds. The van der Waals surface area contributed by atoms with Crippen LogP contribution in [0.25, 0.3) is 0 Å². The van der Waals surface area contributed by atoms with E-state index in [9.17, 15) is 4.79 Å². The molecule has 0 atom stereocenters. The van der Waals surface area contributed by atoms with Crippen molar-refractivity contribution in [2.24, 2.45) is 10.7 Å². The van der Waals surface area contributed by atoms with Gasteiger partial charge in [0.15, 0.2) is 5.69 Å². The average molecular weight is 207 g/mol. The molecule has 0 radical (unpaired) electrons. The van der Waals surface area contributed by atoms with Crippen molar-refractivity contribution in [2.75, 3.05) is 7.11 Å². The third-order valence-corrected chi connectivity index (χ3v) is 1.69. The van der Waals surface area contributed by atoms with Crippen molar-refractivity contribution in [3.8, 4) is 0 Å². The molecule has 0 saturated heterocycles. The minimum atomic E-state index is -0.515. The second-order valence-electron chi connectivity index (χ2n) is 3.07. The van der Waals surface area contributed by atoms with Gasteiger partial charge in [0.05, 0.1) is 18.6 Å². The van der Waals surface area contributed by atoms with Gasteiger partial charge in [0.25, 0.3) is 0 Å². The summed E-state index contributed by atoms with van der Waals surface area (Å²) in [4.78, 5) is 19.4. The van der Waals surface area contributed by atoms with Crippen molar-refractivity contribution in [2.45, 2.75) is 13.8 Å². The SMILES string of the molecule is COC(=O)c1nc(C)ccc1N=C(C)N. The van der Waals surface area contributed by atoms with Crippen LogP contribution in [-0.4, -0.2) is 23.9 Å². The Labute approximate surface area is 88.0 Å². The molecule has 1 heterocycles. The van der Waals surface area contributed by atoms with E-state index in [2.05, 4.69) is 14.7 Å². The van der Waals surface area contributed by atoms with Crippen LogP contribution >= 0.6 is 0 Å². The molecule has 5 heteroatoms. The lowest BCUT2D eigenvalue weighted by atomic mass is 10.2. The third-order valence-electron chi connectivity index (χ3n) is 1.69. The van der Waals surface area contributed by atoms with Gasteiger partial charge in [-0.1, -0.05) is 0 Å². The second-order valence-corrected chi connectivity index (χ2v) is 3.07. The molecular formula is C10H13N3O2. The monoisotopic (exact) mass is 207 g/mol. The Bertz CT molecular complexity index is 409. The van der Waals surface area contributed by atoms with Crippen molar-refractivity contribution in [3.63, 3.8) is 0 Å². The van der Waals surface area contributed by atoms with Crippen LogP contribution in [0.4, 0.5) is 5.69 Å². The Morgan fingerprint density at radius 2 is 2.20 bits per heavy atom. The van der Waals surface area contributed by atoms with Crippen LogP contribution in [0.15, 0.2) is 17.1 Å². The standard InChI is InChI=1S/C10H13N3O2/c1-6-4-5-8(13-7(2)11)9(12-6)10(14)15-3/h4-5H,1-3H3,(H2,11,13). The van der Waals surface area contributed by atoms with Crippen molar-refractivity contribution in [1.82, 2.24) is 4.98 Å². The maximum Gasteiger partial charge on any atom is 0.358 e. The van der Waals surface area contributed by atoms with Crippen LogP contribution in [0.2, 0.25) is 0 Å². The summed E-state index contributed by atoms with van der Waals surface area (Å²) in [6, 6.07) is 3.44. The number of methoxy groups -OCH3 is 1. The van der Waals surface area contributed by atoms with Crippen LogP contribution in [0.3, 0.4) is 0 Å². The van der Waals surface area contributed by atoms with E-state index in [-0.39, 0.29) is 5.69 Å². The van der Waals surface area contributed by atoms with Gasteiger partial charge in [-0.2, -0.15) is 0 Å². The fourth-order valence-corrected chi connectivity index (χ4v) is 1.08. The summed E-state index contributed by atoms with van der Waals surface area (Å²) in [5, 5.41) is 0. The van der Waals surface area contributed by atoms with E-state index >= 15 is 0 Å². The molecule has 0 unspecified atom stereocenters. The van der Waals surface area contributed by atoms with E-state index in [0.717, 1.165) is 5.69 Å². The number of carbonyl (C=O) groups excluding carboxylic acids is 1. The first-order chi connectivity index (χ1) is 7.04. The summed E-state index contributed by atoms with van der Waals surface area (Å²) in [5.41, 5.74) is 6.78. The van der Waals surface area contributed by atoms with Crippen LogP contribution in [0.1, 0.15) is 23.1 Å². The second kappa shape index (κ2) is 4.54. The number of amidine groups is 1. The number of aliphatic imine (C=N–C) groups is 1. The number of ether oxygens (including phenoxy) is 1. The van der Waals surface area contributed by atoms with Crippen LogP contribution in [-0.2, 0) is 4.74 Å². The maximum absolute atomic E-state index is 11.4. The highest BCUT2D eigenvalue weighted by atomic mass is 16.5. The van der Waals surface area contributed by atoms with Gasteiger partial charge in [0, 0.05) is 5.69 Å². The summed E-state index contributed by atoms with van der Waals surface area (Å²) in [6.45, 7) is 3.43. The molecule has 15 heavy (non-hydrogen) atoms. The first-order valence-electron chi connectivity index (χ1n) is 4.41. The Kier molecular flexibility index (Phi) is 3.38. The number of aryl methyl sites for hydroxylation is 1. The third kappa shape index (κ3) is 2.77. The fraction of sp³-hybridized carbons (Fsp3) is 0.300. The van der Waals surface area contributed by atoms with Gasteiger partial charge in [0.1, 0.15) is 0 Å². The number of esters is 1. The highest BCUT2D eigenvalue weighted by Crippen LogP contribution is 2.18. The maximum atomic E-state index is 11.4. The number of nitrogens with two attached hydrogens (primary N) is 1. The van der Waals surface area contributed by atoms with Crippen molar-refractivity contribution in [1.29, 1.82) is 0 Å². The molecule has 0 spiro atoms. The summed E-state index contributed by atoms with van der Waals surface area (Å²) in [7, 11) is 1.30. The molecule has 5 nitrogen and oxygen atoms in total.